The van der Waals surface area contributed by atoms with Crippen molar-refractivity contribution in [2.24, 2.45) is 0 Å². The van der Waals surface area contributed by atoms with Gasteiger partial charge < -0.3 is 18.8 Å². The van der Waals surface area contributed by atoms with E-state index in [0.717, 1.165) is 0 Å². The van der Waals surface area contributed by atoms with Crippen LogP contribution in [0.5, 0.6) is 0 Å². The molecule has 0 spiro atoms. The predicted molar refractivity (Wildman–Crippen MR) is 61.8 cm³/mol. The molecule has 0 radical (unpaired) electrons. The van der Waals surface area contributed by atoms with Crippen LogP contribution >= 0.6 is 15.6 Å². The van der Waals surface area contributed by atoms with E-state index in [1.54, 1.807) is 13.8 Å². The summed E-state index contributed by atoms with van der Waals surface area (Å²) < 4.78 is 36.2. The first-order valence-electron chi connectivity index (χ1n) is 4.64. The molecule has 0 bridgehead atoms. The molecule has 0 aromatic carbocycles. The molecule has 0 rings (SSSR count). The predicted octanol–water partition coefficient (Wildman–Crippen LogP) is 3.08. The van der Waals surface area contributed by atoms with Crippen molar-refractivity contribution in [2.75, 3.05) is 0 Å². The highest BCUT2D eigenvalue weighted by atomic mass is 31.3. The number of hydrogen-bond donors (Lipinski definition) is 2. The van der Waals surface area contributed by atoms with E-state index >= 15 is 0 Å². The Morgan fingerprint density at radius 2 is 1.35 bits per heavy atom. The van der Waals surface area contributed by atoms with Crippen LogP contribution in [0.25, 0.3) is 0 Å². The molecular weight excluding hydrogens is 270 g/mol. The molecule has 2 N–H and O–H groups in total. The summed E-state index contributed by atoms with van der Waals surface area (Å²) in [7, 11) is -9.37. The standard InChI is InChI=1S/C8H16O7P2/c1-5-7(3)13-17(12,14-8(4)6-2)15-16(9,10)11/h5-6H,1-4H3,(H2,9,10,11). The molecule has 0 aliphatic carbocycles. The molecule has 0 fully saturated rings. The molecule has 0 amide bonds. The van der Waals surface area contributed by atoms with Gasteiger partial charge >= 0.3 is 15.6 Å². The Balaban J connectivity index is 5.08. The van der Waals surface area contributed by atoms with Crippen LogP contribution < -0.4 is 0 Å². The molecule has 0 aromatic heterocycles. The summed E-state index contributed by atoms with van der Waals surface area (Å²) in [5, 5.41) is 0. The second kappa shape index (κ2) is 6.38. The lowest BCUT2D eigenvalue weighted by Gasteiger charge is -2.19. The topological polar surface area (TPSA) is 102 Å². The van der Waals surface area contributed by atoms with Gasteiger partial charge in [0.05, 0.1) is 0 Å². The van der Waals surface area contributed by atoms with Gasteiger partial charge in [-0.05, 0) is 39.8 Å². The highest BCUT2D eigenvalue weighted by Gasteiger charge is 2.39. The second-order valence-electron chi connectivity index (χ2n) is 3.00. The summed E-state index contributed by atoms with van der Waals surface area (Å²) in [4.78, 5) is 17.3. The van der Waals surface area contributed by atoms with E-state index in [1.165, 1.54) is 26.0 Å². The van der Waals surface area contributed by atoms with E-state index in [1.807, 2.05) is 0 Å². The van der Waals surface area contributed by atoms with Gasteiger partial charge in [-0.3, -0.25) is 0 Å². The molecular formula is C8H16O7P2. The highest BCUT2D eigenvalue weighted by Crippen LogP contribution is 2.63. The van der Waals surface area contributed by atoms with Gasteiger partial charge in [-0.25, -0.2) is 9.13 Å². The van der Waals surface area contributed by atoms with Crippen LogP contribution in [0.4, 0.5) is 0 Å². The van der Waals surface area contributed by atoms with E-state index in [9.17, 15) is 9.13 Å². The smallest absolute Gasteiger partial charge is 0.400 e. The normalized spacial score (nSPS) is 17.5. The Labute approximate surface area is 99.9 Å². The van der Waals surface area contributed by atoms with Gasteiger partial charge in [-0.15, -0.1) is 0 Å². The van der Waals surface area contributed by atoms with Crippen molar-refractivity contribution in [1.82, 2.24) is 0 Å². The largest absolute Gasteiger partial charge is 0.595 e. The van der Waals surface area contributed by atoms with Gasteiger partial charge in [-0.2, -0.15) is 4.31 Å². The van der Waals surface area contributed by atoms with E-state index in [0.29, 0.717) is 0 Å². The van der Waals surface area contributed by atoms with Crippen molar-refractivity contribution in [3.8, 4) is 0 Å². The average Bonchev–Trinajstić information content (AvgIpc) is 2.13. The molecule has 0 saturated heterocycles. The maximum Gasteiger partial charge on any atom is 0.595 e. The minimum atomic E-state index is -4.99. The van der Waals surface area contributed by atoms with Crippen LogP contribution in [0.1, 0.15) is 27.7 Å². The van der Waals surface area contributed by atoms with Crippen LogP contribution in [0.3, 0.4) is 0 Å². The summed E-state index contributed by atoms with van der Waals surface area (Å²) in [6.45, 7) is 6.09. The summed E-state index contributed by atoms with van der Waals surface area (Å²) in [6, 6.07) is 0. The molecule has 7 nitrogen and oxygen atoms in total. The number of allylic oxidation sites excluding steroid dienone is 4. The molecule has 0 aromatic rings. The fourth-order valence-corrected chi connectivity index (χ4v) is 2.90. The first-order valence-corrected chi connectivity index (χ1v) is 7.63. The molecule has 0 saturated carbocycles. The first-order chi connectivity index (χ1) is 7.62. The summed E-state index contributed by atoms with van der Waals surface area (Å²) in [5.74, 6) is 0.316. The summed E-state index contributed by atoms with van der Waals surface area (Å²) in [6.07, 6.45) is 2.90. The van der Waals surface area contributed by atoms with Crippen LogP contribution in [0.15, 0.2) is 23.7 Å². The molecule has 0 aliphatic heterocycles. The Morgan fingerprint density at radius 1 is 1.00 bits per heavy atom. The van der Waals surface area contributed by atoms with Crippen molar-refractivity contribution in [1.29, 1.82) is 0 Å². The molecule has 0 aliphatic rings. The Morgan fingerprint density at radius 3 is 1.59 bits per heavy atom. The SMILES string of the molecule is CC=C(C)OP(=O)(OC(C)=CC)OP(=O)(O)O. The number of phosphoric acid groups is 2. The fraction of sp³-hybridized carbons (Fsp3) is 0.500. The lowest BCUT2D eigenvalue weighted by molar-refractivity contribution is 0.191. The minimum absolute atomic E-state index is 0.158. The van der Waals surface area contributed by atoms with Gasteiger partial charge in [0, 0.05) is 0 Å². The van der Waals surface area contributed by atoms with Crippen molar-refractivity contribution < 1.29 is 32.3 Å². The Bertz CT molecular complexity index is 382. The zero-order valence-electron chi connectivity index (χ0n) is 9.98. The molecule has 9 heteroatoms. The second-order valence-corrected chi connectivity index (χ2v) is 5.89. The zero-order chi connectivity index (χ0) is 13.7. The van der Waals surface area contributed by atoms with Gasteiger partial charge in [0.25, 0.3) is 0 Å². The van der Waals surface area contributed by atoms with E-state index in [2.05, 4.69) is 4.31 Å². The first kappa shape index (κ1) is 16.4. The van der Waals surface area contributed by atoms with Crippen molar-refractivity contribution >= 4 is 15.6 Å². The maximum atomic E-state index is 11.9. The molecule has 0 atom stereocenters. The lowest BCUT2D eigenvalue weighted by atomic mass is 10.5. The quantitative estimate of drug-likeness (QED) is 0.571. The number of phosphoric ester groups is 1. The van der Waals surface area contributed by atoms with E-state index in [-0.39, 0.29) is 11.5 Å². The van der Waals surface area contributed by atoms with Crippen LogP contribution in [-0.4, -0.2) is 9.79 Å². The lowest BCUT2D eigenvalue weighted by Crippen LogP contribution is -1.97. The van der Waals surface area contributed by atoms with E-state index < -0.39 is 15.6 Å². The van der Waals surface area contributed by atoms with Crippen LogP contribution in [0, 0.1) is 0 Å². The molecule has 17 heavy (non-hydrogen) atoms. The van der Waals surface area contributed by atoms with Gasteiger partial charge in [-0.1, -0.05) is 0 Å². The summed E-state index contributed by atoms with van der Waals surface area (Å²) >= 11 is 0. The van der Waals surface area contributed by atoms with Crippen molar-refractivity contribution in [3.63, 3.8) is 0 Å². The Kier molecular flexibility index (Phi) is 6.16. The molecule has 100 valence electrons. The highest BCUT2D eigenvalue weighted by molar-refractivity contribution is 7.61. The number of rotatable bonds is 6. The maximum absolute atomic E-state index is 11.9. The van der Waals surface area contributed by atoms with Crippen LogP contribution in [0.2, 0.25) is 0 Å². The van der Waals surface area contributed by atoms with Crippen molar-refractivity contribution in [2.45, 2.75) is 27.7 Å². The third-order valence-electron chi connectivity index (χ3n) is 1.53. The minimum Gasteiger partial charge on any atom is -0.400 e. The van der Waals surface area contributed by atoms with Crippen molar-refractivity contribution in [3.05, 3.63) is 23.7 Å². The number of hydrogen-bond acceptors (Lipinski definition) is 5. The Hall–Kier alpha value is -0.580. The zero-order valence-corrected chi connectivity index (χ0v) is 11.8. The van der Waals surface area contributed by atoms with Gasteiger partial charge in [0.1, 0.15) is 11.5 Å². The fourth-order valence-electron chi connectivity index (χ4n) is 0.640. The van der Waals surface area contributed by atoms with Gasteiger partial charge in [0.2, 0.25) is 0 Å². The van der Waals surface area contributed by atoms with Crippen LogP contribution in [-0.2, 0) is 22.5 Å². The summed E-state index contributed by atoms with van der Waals surface area (Å²) in [5.41, 5.74) is 0. The molecule has 0 heterocycles. The monoisotopic (exact) mass is 286 g/mol. The van der Waals surface area contributed by atoms with E-state index in [4.69, 9.17) is 18.8 Å². The average molecular weight is 286 g/mol. The third-order valence-corrected chi connectivity index (χ3v) is 4.21. The van der Waals surface area contributed by atoms with Gasteiger partial charge in [0.15, 0.2) is 0 Å². The molecule has 0 unspecified atom stereocenters. The third kappa shape index (κ3) is 7.36.